The van der Waals surface area contributed by atoms with E-state index in [9.17, 15) is 0 Å². The number of hydrogen-bond acceptors (Lipinski definition) is 3. The molecule has 2 aromatic rings. The maximum Gasteiger partial charge on any atom is 0.203 e. The first kappa shape index (κ1) is 11.6. The lowest BCUT2D eigenvalue weighted by Gasteiger charge is -2.07. The molecule has 2 heterocycles. The van der Waals surface area contributed by atoms with E-state index >= 15 is 0 Å². The van der Waals surface area contributed by atoms with Gasteiger partial charge in [-0.25, -0.2) is 4.98 Å². The number of nitrogens with one attached hydrogen (secondary N) is 1. The van der Waals surface area contributed by atoms with Crippen molar-refractivity contribution in [2.45, 2.75) is 26.8 Å². The first-order valence-corrected chi connectivity index (χ1v) is 5.97. The SMILES string of the molecule is CCNc1nc(C)cn1CCc1ccccn1. The summed E-state index contributed by atoms with van der Waals surface area (Å²) in [5.41, 5.74) is 2.16. The van der Waals surface area contributed by atoms with Gasteiger partial charge in [0.05, 0.1) is 5.69 Å². The quantitative estimate of drug-likeness (QED) is 0.856. The van der Waals surface area contributed by atoms with Crippen LogP contribution in [0.5, 0.6) is 0 Å². The molecule has 0 aromatic carbocycles. The largest absolute Gasteiger partial charge is 0.356 e. The summed E-state index contributed by atoms with van der Waals surface area (Å²) >= 11 is 0. The molecule has 0 spiro atoms. The second-order valence-corrected chi connectivity index (χ2v) is 4.00. The average Bonchev–Trinajstić information content (AvgIpc) is 2.69. The molecule has 2 rings (SSSR count). The van der Waals surface area contributed by atoms with Gasteiger partial charge >= 0.3 is 0 Å². The molecule has 0 aliphatic heterocycles. The summed E-state index contributed by atoms with van der Waals surface area (Å²) < 4.78 is 2.15. The van der Waals surface area contributed by atoms with E-state index in [1.807, 2.05) is 25.3 Å². The normalized spacial score (nSPS) is 10.5. The molecule has 0 radical (unpaired) electrons. The van der Waals surface area contributed by atoms with Gasteiger partial charge in [-0.05, 0) is 26.0 Å². The Bertz CT molecular complexity index is 462. The molecule has 0 aliphatic carbocycles. The Morgan fingerprint density at radius 3 is 2.94 bits per heavy atom. The molecule has 0 unspecified atom stereocenters. The van der Waals surface area contributed by atoms with E-state index in [4.69, 9.17) is 0 Å². The van der Waals surface area contributed by atoms with E-state index in [1.165, 1.54) is 0 Å². The number of imidazole rings is 1. The minimum atomic E-state index is 0.889. The van der Waals surface area contributed by atoms with Crippen LogP contribution in [0.4, 0.5) is 5.95 Å². The molecule has 0 atom stereocenters. The summed E-state index contributed by atoms with van der Waals surface area (Å²) in [4.78, 5) is 8.77. The molecule has 4 heteroatoms. The molecule has 2 aromatic heterocycles. The van der Waals surface area contributed by atoms with Crippen molar-refractivity contribution in [2.24, 2.45) is 0 Å². The Balaban J connectivity index is 2.03. The van der Waals surface area contributed by atoms with Crippen molar-refractivity contribution in [3.05, 3.63) is 42.0 Å². The van der Waals surface area contributed by atoms with Crippen molar-refractivity contribution in [3.8, 4) is 0 Å². The average molecular weight is 230 g/mol. The van der Waals surface area contributed by atoms with Crippen molar-refractivity contribution in [1.29, 1.82) is 0 Å². The van der Waals surface area contributed by atoms with E-state index < -0.39 is 0 Å². The molecule has 0 amide bonds. The van der Waals surface area contributed by atoms with Crippen LogP contribution in [0.25, 0.3) is 0 Å². The Hall–Kier alpha value is -1.84. The van der Waals surface area contributed by atoms with Crippen LogP contribution >= 0.6 is 0 Å². The summed E-state index contributed by atoms with van der Waals surface area (Å²) in [5, 5.41) is 3.26. The topological polar surface area (TPSA) is 42.7 Å². The molecular weight excluding hydrogens is 212 g/mol. The Kier molecular flexibility index (Phi) is 3.75. The predicted molar refractivity (Wildman–Crippen MR) is 69.1 cm³/mol. The van der Waals surface area contributed by atoms with Gasteiger partial charge in [0.25, 0.3) is 0 Å². The van der Waals surface area contributed by atoms with Crippen molar-refractivity contribution in [3.63, 3.8) is 0 Å². The van der Waals surface area contributed by atoms with Gasteiger partial charge in [-0.2, -0.15) is 0 Å². The van der Waals surface area contributed by atoms with E-state index in [0.29, 0.717) is 0 Å². The molecule has 0 bridgehead atoms. The van der Waals surface area contributed by atoms with Crippen LogP contribution in [0.3, 0.4) is 0 Å². The third kappa shape index (κ3) is 3.06. The van der Waals surface area contributed by atoms with E-state index in [2.05, 4.69) is 39.0 Å². The molecule has 17 heavy (non-hydrogen) atoms. The zero-order chi connectivity index (χ0) is 12.1. The van der Waals surface area contributed by atoms with Crippen LogP contribution in [-0.2, 0) is 13.0 Å². The fourth-order valence-corrected chi connectivity index (χ4v) is 1.80. The van der Waals surface area contributed by atoms with Crippen LogP contribution in [0, 0.1) is 6.92 Å². The van der Waals surface area contributed by atoms with Crippen LogP contribution < -0.4 is 5.32 Å². The number of pyridine rings is 1. The molecule has 0 fully saturated rings. The van der Waals surface area contributed by atoms with Crippen molar-refractivity contribution >= 4 is 5.95 Å². The maximum atomic E-state index is 4.44. The van der Waals surface area contributed by atoms with Crippen molar-refractivity contribution in [2.75, 3.05) is 11.9 Å². The molecule has 1 N–H and O–H groups in total. The highest BCUT2D eigenvalue weighted by Gasteiger charge is 2.04. The monoisotopic (exact) mass is 230 g/mol. The highest BCUT2D eigenvalue weighted by Crippen LogP contribution is 2.09. The lowest BCUT2D eigenvalue weighted by Crippen LogP contribution is -2.08. The van der Waals surface area contributed by atoms with Crippen LogP contribution in [0.1, 0.15) is 18.3 Å². The zero-order valence-corrected chi connectivity index (χ0v) is 10.3. The lowest BCUT2D eigenvalue weighted by molar-refractivity contribution is 0.689. The highest BCUT2D eigenvalue weighted by atomic mass is 15.2. The molecule has 0 aliphatic rings. The number of anilines is 1. The summed E-state index contributed by atoms with van der Waals surface area (Å²) in [6.45, 7) is 5.88. The maximum absolute atomic E-state index is 4.44. The first-order valence-electron chi connectivity index (χ1n) is 5.97. The Morgan fingerprint density at radius 2 is 2.24 bits per heavy atom. The van der Waals surface area contributed by atoms with Crippen molar-refractivity contribution in [1.82, 2.24) is 14.5 Å². The van der Waals surface area contributed by atoms with Gasteiger partial charge in [-0.1, -0.05) is 6.07 Å². The summed E-state index contributed by atoms with van der Waals surface area (Å²) in [6, 6.07) is 6.01. The molecule has 0 saturated carbocycles. The van der Waals surface area contributed by atoms with Gasteiger partial charge in [0.2, 0.25) is 5.95 Å². The third-order valence-corrected chi connectivity index (χ3v) is 2.57. The number of nitrogens with zero attached hydrogens (tertiary/aromatic N) is 3. The zero-order valence-electron chi connectivity index (χ0n) is 10.3. The number of aryl methyl sites for hydroxylation is 3. The summed E-state index contributed by atoms with van der Waals surface area (Å²) in [5.74, 6) is 0.945. The fraction of sp³-hybridized carbons (Fsp3) is 0.385. The number of aromatic nitrogens is 3. The second-order valence-electron chi connectivity index (χ2n) is 4.00. The van der Waals surface area contributed by atoms with Crippen LogP contribution in [0.2, 0.25) is 0 Å². The van der Waals surface area contributed by atoms with Crippen LogP contribution in [0.15, 0.2) is 30.6 Å². The second kappa shape index (κ2) is 5.48. The van der Waals surface area contributed by atoms with E-state index in [0.717, 1.165) is 36.8 Å². The van der Waals surface area contributed by atoms with E-state index in [1.54, 1.807) is 0 Å². The minimum absolute atomic E-state index is 0.889. The molecule has 90 valence electrons. The van der Waals surface area contributed by atoms with Gasteiger partial charge in [-0.15, -0.1) is 0 Å². The highest BCUT2D eigenvalue weighted by molar-refractivity contribution is 5.28. The fourth-order valence-electron chi connectivity index (χ4n) is 1.80. The van der Waals surface area contributed by atoms with Gasteiger partial charge in [0, 0.05) is 37.6 Å². The number of rotatable bonds is 5. The van der Waals surface area contributed by atoms with Gasteiger partial charge in [-0.3, -0.25) is 4.98 Å². The van der Waals surface area contributed by atoms with Crippen LogP contribution in [-0.4, -0.2) is 21.1 Å². The predicted octanol–water partition coefficient (Wildman–Crippen LogP) is 2.26. The smallest absolute Gasteiger partial charge is 0.203 e. The third-order valence-electron chi connectivity index (χ3n) is 2.57. The summed E-state index contributed by atoms with van der Waals surface area (Å²) in [7, 11) is 0. The van der Waals surface area contributed by atoms with E-state index in [-0.39, 0.29) is 0 Å². The minimum Gasteiger partial charge on any atom is -0.356 e. The standard InChI is InChI=1S/C13H18N4/c1-3-14-13-16-11(2)10-17(13)9-7-12-6-4-5-8-15-12/h4-6,8,10H,3,7,9H2,1-2H3,(H,14,16). The Labute approximate surface area is 102 Å². The number of hydrogen-bond donors (Lipinski definition) is 1. The lowest BCUT2D eigenvalue weighted by atomic mass is 10.3. The first-order chi connectivity index (χ1) is 8.29. The Morgan fingerprint density at radius 1 is 1.35 bits per heavy atom. The van der Waals surface area contributed by atoms with Gasteiger partial charge in [0.1, 0.15) is 0 Å². The molecule has 0 saturated heterocycles. The van der Waals surface area contributed by atoms with Gasteiger partial charge < -0.3 is 9.88 Å². The summed E-state index contributed by atoms with van der Waals surface area (Å²) in [6.07, 6.45) is 4.83. The molecule has 4 nitrogen and oxygen atoms in total. The molecular formula is C13H18N4. The van der Waals surface area contributed by atoms with Crippen molar-refractivity contribution < 1.29 is 0 Å². The van der Waals surface area contributed by atoms with Gasteiger partial charge in [0.15, 0.2) is 0 Å².